The molecular weight excluding hydrogens is 205 g/mol. The molecule has 0 aliphatic heterocycles. The Balaban J connectivity index is 0.000001000. The molecule has 0 amide bonds. The summed E-state index contributed by atoms with van der Waals surface area (Å²) in [6.07, 6.45) is 0. The maximum atomic E-state index is 10.5. The van der Waals surface area contributed by atoms with Crippen LogP contribution in [0.4, 0.5) is 0 Å². The van der Waals surface area contributed by atoms with Crippen molar-refractivity contribution in [1.29, 1.82) is 0 Å². The Bertz CT molecular complexity index is 224. The van der Waals surface area contributed by atoms with Gasteiger partial charge in [-0.25, -0.2) is 0 Å². The van der Waals surface area contributed by atoms with E-state index in [1.54, 1.807) is 6.07 Å². The molecule has 2 nitrogen and oxygen atoms in total. The average molecular weight is 212 g/mol. The first-order valence-corrected chi connectivity index (χ1v) is 4.01. The van der Waals surface area contributed by atoms with Gasteiger partial charge in [0.25, 0.3) is 0 Å². The number of rotatable bonds is 2. The topological polar surface area (TPSA) is 43.1 Å². The zero-order valence-electron chi connectivity index (χ0n) is 5.49. The molecule has 62 valence electrons. The van der Waals surface area contributed by atoms with Crippen LogP contribution in [0.2, 0.25) is 0 Å². The third kappa shape index (κ3) is 2.79. The zero-order valence-corrected chi connectivity index (χ0v) is 7.88. The van der Waals surface area contributed by atoms with Crippen LogP contribution in [0.25, 0.3) is 0 Å². The molecule has 2 N–H and O–H groups in total. The number of nitrogens with two attached hydrogens (primary N) is 1. The molecule has 5 heteroatoms. The van der Waals surface area contributed by atoms with Gasteiger partial charge in [0, 0.05) is 0 Å². The van der Waals surface area contributed by atoms with Crippen molar-refractivity contribution in [3.8, 4) is 0 Å². The van der Waals surface area contributed by atoms with Gasteiger partial charge in [0.2, 0.25) is 5.24 Å². The van der Waals surface area contributed by atoms with Crippen LogP contribution in [0.15, 0.2) is 16.8 Å². The molecule has 0 aliphatic carbocycles. The molecule has 0 fully saturated rings. The van der Waals surface area contributed by atoms with E-state index in [0.29, 0.717) is 0 Å². The number of carbonyl (C=O) groups excluding carboxylic acids is 1. The Kier molecular flexibility index (Phi) is 4.68. The van der Waals surface area contributed by atoms with Gasteiger partial charge < -0.3 is 5.73 Å². The number of halogens is 2. The van der Waals surface area contributed by atoms with E-state index in [0.717, 1.165) is 5.56 Å². The summed E-state index contributed by atoms with van der Waals surface area (Å²) in [7, 11) is 0. The van der Waals surface area contributed by atoms with Crippen molar-refractivity contribution >= 4 is 40.6 Å². The number of hydrogen-bond acceptors (Lipinski definition) is 3. The Labute approximate surface area is 79.8 Å². The second-order valence-electron chi connectivity index (χ2n) is 1.84. The van der Waals surface area contributed by atoms with Crippen LogP contribution in [0, 0.1) is 0 Å². The maximum absolute atomic E-state index is 10.5. The molecule has 0 bridgehead atoms. The number of carbonyl (C=O) groups is 1. The van der Waals surface area contributed by atoms with E-state index in [4.69, 9.17) is 17.3 Å². The minimum absolute atomic E-state index is 0. The third-order valence-electron chi connectivity index (χ3n) is 1.15. The molecule has 11 heavy (non-hydrogen) atoms. The van der Waals surface area contributed by atoms with E-state index < -0.39 is 11.3 Å². The average Bonchev–Trinajstić information content (AvgIpc) is 2.36. The normalized spacial score (nSPS) is 11.8. The van der Waals surface area contributed by atoms with Crippen LogP contribution in [0.1, 0.15) is 11.6 Å². The molecule has 1 aromatic rings. The molecule has 1 rings (SSSR count). The van der Waals surface area contributed by atoms with Crippen LogP contribution in [-0.4, -0.2) is 5.24 Å². The first kappa shape index (κ1) is 10.9. The number of hydrogen-bond donors (Lipinski definition) is 1. The lowest BCUT2D eigenvalue weighted by Crippen LogP contribution is -2.15. The molecule has 0 aliphatic rings. The van der Waals surface area contributed by atoms with Crippen LogP contribution in [0.5, 0.6) is 0 Å². The van der Waals surface area contributed by atoms with E-state index in [2.05, 4.69) is 0 Å². The molecule has 0 aromatic carbocycles. The van der Waals surface area contributed by atoms with Gasteiger partial charge >= 0.3 is 0 Å². The minimum atomic E-state index is -0.659. The Hall–Kier alpha value is -0.0900. The Morgan fingerprint density at radius 2 is 2.36 bits per heavy atom. The standard InChI is InChI=1S/C6H6ClNOS.ClH/c7-6(9)5(8)4-1-2-10-3-4;/h1-3,5H,8H2;1H. The highest BCUT2D eigenvalue weighted by Gasteiger charge is 2.12. The molecule has 0 spiro atoms. The van der Waals surface area contributed by atoms with Gasteiger partial charge in [-0.1, -0.05) is 0 Å². The van der Waals surface area contributed by atoms with Crippen LogP contribution < -0.4 is 5.73 Å². The summed E-state index contributed by atoms with van der Waals surface area (Å²) in [5.41, 5.74) is 6.19. The predicted molar refractivity (Wildman–Crippen MR) is 49.4 cm³/mol. The summed E-state index contributed by atoms with van der Waals surface area (Å²) < 4.78 is 0. The summed E-state index contributed by atoms with van der Waals surface area (Å²) >= 11 is 6.65. The summed E-state index contributed by atoms with van der Waals surface area (Å²) in [6.45, 7) is 0. The fourth-order valence-corrected chi connectivity index (χ4v) is 1.41. The maximum Gasteiger partial charge on any atom is 0.242 e. The van der Waals surface area contributed by atoms with E-state index in [9.17, 15) is 4.79 Å². The van der Waals surface area contributed by atoms with Crippen molar-refractivity contribution in [2.45, 2.75) is 6.04 Å². The lowest BCUT2D eigenvalue weighted by Gasteiger charge is -2.00. The van der Waals surface area contributed by atoms with Gasteiger partial charge in [-0.2, -0.15) is 11.3 Å². The van der Waals surface area contributed by atoms with Crippen molar-refractivity contribution < 1.29 is 4.79 Å². The van der Waals surface area contributed by atoms with Crippen LogP contribution in [0.3, 0.4) is 0 Å². The van der Waals surface area contributed by atoms with Gasteiger partial charge in [0.1, 0.15) is 6.04 Å². The van der Waals surface area contributed by atoms with Crippen molar-refractivity contribution in [3.63, 3.8) is 0 Å². The monoisotopic (exact) mass is 211 g/mol. The molecule has 1 atom stereocenters. The summed E-state index contributed by atoms with van der Waals surface area (Å²) in [6, 6.07) is 1.13. The molecule has 1 aromatic heterocycles. The highest BCUT2D eigenvalue weighted by Crippen LogP contribution is 2.15. The lowest BCUT2D eigenvalue weighted by atomic mass is 10.2. The molecule has 1 unspecified atom stereocenters. The van der Waals surface area contributed by atoms with Crippen molar-refractivity contribution in [1.82, 2.24) is 0 Å². The van der Waals surface area contributed by atoms with Crippen molar-refractivity contribution in [2.24, 2.45) is 5.73 Å². The summed E-state index contributed by atoms with van der Waals surface area (Å²) in [5, 5.41) is 3.15. The molecule has 1 heterocycles. The van der Waals surface area contributed by atoms with Gasteiger partial charge in [-0.05, 0) is 34.0 Å². The highest BCUT2D eigenvalue weighted by atomic mass is 35.5. The highest BCUT2D eigenvalue weighted by molar-refractivity contribution is 7.08. The van der Waals surface area contributed by atoms with Gasteiger partial charge in [-0.15, -0.1) is 12.4 Å². The SMILES string of the molecule is Cl.NC(C(=O)Cl)c1ccsc1. The molecular formula is C6H7Cl2NOS. The van der Waals surface area contributed by atoms with Crippen molar-refractivity contribution in [2.75, 3.05) is 0 Å². The van der Waals surface area contributed by atoms with Crippen molar-refractivity contribution in [3.05, 3.63) is 22.4 Å². The molecule has 0 saturated heterocycles. The zero-order chi connectivity index (χ0) is 7.56. The molecule has 0 radical (unpaired) electrons. The Morgan fingerprint density at radius 1 is 1.73 bits per heavy atom. The first-order chi connectivity index (χ1) is 4.72. The predicted octanol–water partition coefficient (Wildman–Crippen LogP) is 1.94. The van der Waals surface area contributed by atoms with Crippen LogP contribution in [-0.2, 0) is 4.79 Å². The first-order valence-electron chi connectivity index (χ1n) is 2.69. The van der Waals surface area contributed by atoms with E-state index in [1.807, 2.05) is 10.8 Å². The molecule has 0 saturated carbocycles. The lowest BCUT2D eigenvalue weighted by molar-refractivity contribution is -0.112. The minimum Gasteiger partial charge on any atom is -0.317 e. The van der Waals surface area contributed by atoms with Gasteiger partial charge in [0.15, 0.2) is 0 Å². The fourth-order valence-electron chi connectivity index (χ4n) is 0.583. The Morgan fingerprint density at radius 3 is 2.73 bits per heavy atom. The van der Waals surface area contributed by atoms with Gasteiger partial charge in [0.05, 0.1) is 0 Å². The third-order valence-corrected chi connectivity index (χ3v) is 2.08. The quantitative estimate of drug-likeness (QED) is 0.761. The second-order valence-corrected chi connectivity index (χ2v) is 2.99. The van der Waals surface area contributed by atoms with Gasteiger partial charge in [-0.3, -0.25) is 4.79 Å². The van der Waals surface area contributed by atoms with E-state index in [1.165, 1.54) is 11.3 Å². The number of thiophene rings is 1. The summed E-state index contributed by atoms with van der Waals surface area (Å²) in [4.78, 5) is 10.5. The second kappa shape index (κ2) is 4.72. The summed E-state index contributed by atoms with van der Waals surface area (Å²) in [5.74, 6) is 0. The van der Waals surface area contributed by atoms with E-state index >= 15 is 0 Å². The largest absolute Gasteiger partial charge is 0.317 e. The fraction of sp³-hybridized carbons (Fsp3) is 0.167. The smallest absolute Gasteiger partial charge is 0.242 e. The van der Waals surface area contributed by atoms with Crippen LogP contribution >= 0.6 is 35.3 Å². The van der Waals surface area contributed by atoms with E-state index in [-0.39, 0.29) is 12.4 Å².